The fraction of sp³-hybridized carbons (Fsp3) is 0.250. The van der Waals surface area contributed by atoms with Crippen LogP contribution in [0.25, 0.3) is 0 Å². The molecule has 18 heavy (non-hydrogen) atoms. The van der Waals surface area contributed by atoms with Crippen molar-refractivity contribution >= 4 is 0 Å². The van der Waals surface area contributed by atoms with E-state index in [9.17, 15) is 5.11 Å². The summed E-state index contributed by atoms with van der Waals surface area (Å²) >= 11 is 0. The monoisotopic (exact) mass is 242 g/mol. The number of aliphatic hydroxyl groups excluding tert-OH is 1. The van der Waals surface area contributed by atoms with Crippen LogP contribution in [0, 0.1) is 6.92 Å². The first-order valence-electron chi connectivity index (χ1n) is 6.16. The summed E-state index contributed by atoms with van der Waals surface area (Å²) in [5, 5.41) is 9.19. The molecule has 0 saturated carbocycles. The molecule has 0 bridgehead atoms. The van der Waals surface area contributed by atoms with E-state index < -0.39 is 0 Å². The Hall–Kier alpha value is -1.80. The van der Waals surface area contributed by atoms with Gasteiger partial charge in [-0.25, -0.2) is 0 Å². The lowest BCUT2D eigenvalue weighted by atomic mass is 10.1. The third kappa shape index (κ3) is 3.34. The van der Waals surface area contributed by atoms with Crippen LogP contribution in [0.2, 0.25) is 0 Å². The zero-order valence-corrected chi connectivity index (χ0v) is 10.6. The maximum absolute atomic E-state index is 9.19. The number of ether oxygens (including phenoxy) is 1. The molecule has 0 aliphatic carbocycles. The summed E-state index contributed by atoms with van der Waals surface area (Å²) in [5.41, 5.74) is 3.37. The molecule has 0 spiro atoms. The van der Waals surface area contributed by atoms with E-state index in [2.05, 4.69) is 31.2 Å². The van der Waals surface area contributed by atoms with Crippen molar-refractivity contribution in [2.75, 3.05) is 6.61 Å². The first-order valence-corrected chi connectivity index (χ1v) is 6.16. The van der Waals surface area contributed by atoms with Crippen molar-refractivity contribution in [2.24, 2.45) is 0 Å². The molecule has 0 heterocycles. The second-order valence-corrected chi connectivity index (χ2v) is 4.35. The van der Waals surface area contributed by atoms with E-state index in [4.69, 9.17) is 4.74 Å². The van der Waals surface area contributed by atoms with Crippen molar-refractivity contribution in [1.82, 2.24) is 0 Å². The van der Waals surface area contributed by atoms with E-state index in [0.29, 0.717) is 6.61 Å². The third-order valence-electron chi connectivity index (χ3n) is 2.91. The van der Waals surface area contributed by atoms with Crippen molar-refractivity contribution in [3.63, 3.8) is 0 Å². The minimum atomic E-state index is 0.0146. The highest BCUT2D eigenvalue weighted by Crippen LogP contribution is 2.17. The third-order valence-corrected chi connectivity index (χ3v) is 2.91. The molecule has 2 aromatic rings. The van der Waals surface area contributed by atoms with Gasteiger partial charge in [-0.15, -0.1) is 0 Å². The molecule has 0 fully saturated rings. The maximum atomic E-state index is 9.19. The molecule has 94 valence electrons. The standard InChI is InChI=1S/C16H18O2/c1-13-6-8-14(9-7-13)10-11-18-16-5-3-2-4-15(16)12-17/h2-9,17H,10-12H2,1H3. The van der Waals surface area contributed by atoms with E-state index in [1.54, 1.807) is 0 Å². The maximum Gasteiger partial charge on any atom is 0.124 e. The van der Waals surface area contributed by atoms with Crippen LogP contribution < -0.4 is 4.74 Å². The molecule has 0 unspecified atom stereocenters. The molecular weight excluding hydrogens is 224 g/mol. The molecule has 0 aliphatic rings. The first kappa shape index (κ1) is 12.7. The highest BCUT2D eigenvalue weighted by Gasteiger charge is 2.01. The van der Waals surface area contributed by atoms with Crippen molar-refractivity contribution in [3.8, 4) is 5.75 Å². The van der Waals surface area contributed by atoms with Crippen LogP contribution in [0.5, 0.6) is 5.75 Å². The Labute approximate surface area is 108 Å². The van der Waals surface area contributed by atoms with E-state index in [1.165, 1.54) is 11.1 Å². The molecule has 0 aliphatic heterocycles. The molecule has 0 amide bonds. The summed E-state index contributed by atoms with van der Waals surface area (Å²) < 4.78 is 5.70. The molecule has 2 nitrogen and oxygen atoms in total. The Bertz CT molecular complexity index is 489. The summed E-state index contributed by atoms with van der Waals surface area (Å²) in [4.78, 5) is 0. The molecule has 0 aromatic heterocycles. The molecule has 0 atom stereocenters. The van der Waals surface area contributed by atoms with Crippen molar-refractivity contribution < 1.29 is 9.84 Å². The molecule has 2 heteroatoms. The second-order valence-electron chi connectivity index (χ2n) is 4.35. The highest BCUT2D eigenvalue weighted by atomic mass is 16.5. The van der Waals surface area contributed by atoms with Crippen LogP contribution >= 0.6 is 0 Å². The molecule has 0 saturated heterocycles. The SMILES string of the molecule is Cc1ccc(CCOc2ccccc2CO)cc1. The zero-order chi connectivity index (χ0) is 12.8. The van der Waals surface area contributed by atoms with E-state index in [-0.39, 0.29) is 6.61 Å². The lowest BCUT2D eigenvalue weighted by molar-refractivity contribution is 0.264. The van der Waals surface area contributed by atoms with Gasteiger partial charge in [0.15, 0.2) is 0 Å². The Kier molecular flexibility index (Phi) is 4.37. The van der Waals surface area contributed by atoms with Crippen molar-refractivity contribution in [3.05, 3.63) is 65.2 Å². The molecule has 1 N–H and O–H groups in total. The van der Waals surface area contributed by atoms with Gasteiger partial charge in [0.1, 0.15) is 5.75 Å². The number of aryl methyl sites for hydroxylation is 1. The quantitative estimate of drug-likeness (QED) is 0.873. The van der Waals surface area contributed by atoms with Crippen molar-refractivity contribution in [2.45, 2.75) is 20.0 Å². The van der Waals surface area contributed by atoms with Gasteiger partial charge in [0.2, 0.25) is 0 Å². The van der Waals surface area contributed by atoms with Crippen molar-refractivity contribution in [1.29, 1.82) is 0 Å². The van der Waals surface area contributed by atoms with E-state index in [1.807, 2.05) is 24.3 Å². The lowest BCUT2D eigenvalue weighted by Gasteiger charge is -2.09. The van der Waals surface area contributed by atoms with E-state index in [0.717, 1.165) is 17.7 Å². The van der Waals surface area contributed by atoms with Gasteiger partial charge < -0.3 is 9.84 Å². The Morgan fingerprint density at radius 3 is 2.44 bits per heavy atom. The summed E-state index contributed by atoms with van der Waals surface area (Å²) in [6.45, 7) is 2.72. The number of hydrogen-bond acceptors (Lipinski definition) is 2. The fourth-order valence-electron chi connectivity index (χ4n) is 1.81. The number of aliphatic hydroxyl groups is 1. The summed E-state index contributed by atoms with van der Waals surface area (Å²) in [6, 6.07) is 16.0. The van der Waals surface area contributed by atoms with Gasteiger partial charge in [-0.3, -0.25) is 0 Å². The van der Waals surface area contributed by atoms with Gasteiger partial charge in [-0.05, 0) is 18.6 Å². The summed E-state index contributed by atoms with van der Waals surface area (Å²) in [5.74, 6) is 0.770. The molecule has 2 rings (SSSR count). The van der Waals surface area contributed by atoms with Gasteiger partial charge in [-0.2, -0.15) is 0 Å². The second kappa shape index (κ2) is 6.22. The van der Waals surface area contributed by atoms with Crippen LogP contribution in [0.1, 0.15) is 16.7 Å². The fourth-order valence-corrected chi connectivity index (χ4v) is 1.81. The summed E-state index contributed by atoms with van der Waals surface area (Å²) in [7, 11) is 0. The minimum Gasteiger partial charge on any atom is -0.493 e. The predicted molar refractivity (Wildman–Crippen MR) is 72.7 cm³/mol. The number of para-hydroxylation sites is 1. The van der Waals surface area contributed by atoms with Gasteiger partial charge >= 0.3 is 0 Å². The smallest absolute Gasteiger partial charge is 0.124 e. The normalized spacial score (nSPS) is 10.3. The van der Waals surface area contributed by atoms with Crippen LogP contribution in [0.3, 0.4) is 0 Å². The van der Waals surface area contributed by atoms with Gasteiger partial charge in [0.25, 0.3) is 0 Å². The van der Waals surface area contributed by atoms with Gasteiger partial charge in [0.05, 0.1) is 13.2 Å². The lowest BCUT2D eigenvalue weighted by Crippen LogP contribution is -2.03. The van der Waals surface area contributed by atoms with Crippen LogP contribution in [0.15, 0.2) is 48.5 Å². The average Bonchev–Trinajstić information content (AvgIpc) is 2.41. The number of rotatable bonds is 5. The topological polar surface area (TPSA) is 29.5 Å². The molecule has 2 aromatic carbocycles. The Morgan fingerprint density at radius 2 is 1.72 bits per heavy atom. The largest absolute Gasteiger partial charge is 0.493 e. The predicted octanol–water partition coefficient (Wildman–Crippen LogP) is 3.11. The van der Waals surface area contributed by atoms with Crippen LogP contribution in [0.4, 0.5) is 0 Å². The number of hydrogen-bond donors (Lipinski definition) is 1. The highest BCUT2D eigenvalue weighted by molar-refractivity contribution is 5.32. The van der Waals surface area contributed by atoms with Gasteiger partial charge in [0, 0.05) is 12.0 Å². The van der Waals surface area contributed by atoms with Crippen LogP contribution in [-0.2, 0) is 13.0 Å². The average molecular weight is 242 g/mol. The minimum absolute atomic E-state index is 0.0146. The Balaban J connectivity index is 1.90. The number of benzene rings is 2. The summed E-state index contributed by atoms with van der Waals surface area (Å²) in [6.07, 6.45) is 0.875. The van der Waals surface area contributed by atoms with E-state index >= 15 is 0 Å². The zero-order valence-electron chi connectivity index (χ0n) is 10.6. The first-order chi connectivity index (χ1) is 8.79. The van der Waals surface area contributed by atoms with Gasteiger partial charge in [-0.1, -0.05) is 48.0 Å². The Morgan fingerprint density at radius 1 is 1.00 bits per heavy atom. The molecule has 0 radical (unpaired) electrons. The molecular formula is C16H18O2. The van der Waals surface area contributed by atoms with Crippen LogP contribution in [-0.4, -0.2) is 11.7 Å².